The second kappa shape index (κ2) is 5.33. The Labute approximate surface area is 138 Å². The number of rotatable bonds is 2. The van der Waals surface area contributed by atoms with Crippen LogP contribution in [0, 0.1) is 0 Å². The fourth-order valence-electron chi connectivity index (χ4n) is 2.26. The van der Waals surface area contributed by atoms with Crippen molar-refractivity contribution in [2.24, 2.45) is 10.2 Å². The third kappa shape index (κ3) is 2.26. The van der Waals surface area contributed by atoms with Gasteiger partial charge in [0.05, 0.1) is 16.7 Å². The van der Waals surface area contributed by atoms with Gasteiger partial charge in [0.25, 0.3) is 5.91 Å². The Balaban J connectivity index is 1.63. The average molecular weight is 373 g/mol. The van der Waals surface area contributed by atoms with E-state index in [2.05, 4.69) is 31.1 Å². The predicted octanol–water partition coefficient (Wildman–Crippen LogP) is 4.65. The molecule has 1 aliphatic rings. The summed E-state index contributed by atoms with van der Waals surface area (Å²) in [6.45, 7) is 0. The van der Waals surface area contributed by atoms with Gasteiger partial charge in [-0.3, -0.25) is 9.36 Å². The monoisotopic (exact) mass is 372 g/mol. The normalized spacial score (nSPS) is 17.5. The van der Waals surface area contributed by atoms with Crippen LogP contribution in [0.25, 0.3) is 11.0 Å². The molecule has 0 fully saturated rings. The van der Waals surface area contributed by atoms with Gasteiger partial charge in [-0.15, -0.1) is 0 Å². The molecule has 0 aliphatic carbocycles. The van der Waals surface area contributed by atoms with E-state index in [4.69, 9.17) is 0 Å². The second-order valence-electron chi connectivity index (χ2n) is 4.72. The van der Waals surface area contributed by atoms with Gasteiger partial charge in [-0.05, 0) is 48.2 Å². The lowest BCUT2D eigenvalue weighted by Crippen LogP contribution is -2.14. The standard InChI is InChI=1S/C15H9BrN4OS/c16-9-5-7-10(8-6-9)18-19-13-14(21)20-12-4-2-1-3-11(12)17-15(20)22-13/h1-8,13H/t13-/m1/s1. The molecule has 0 amide bonds. The maximum Gasteiger partial charge on any atom is 0.270 e. The lowest BCUT2D eigenvalue weighted by atomic mass is 10.3. The highest BCUT2D eigenvalue weighted by Gasteiger charge is 2.34. The molecule has 22 heavy (non-hydrogen) atoms. The number of carbonyl (C=O) groups excluding carboxylic acids is 1. The van der Waals surface area contributed by atoms with Gasteiger partial charge in [-0.25, -0.2) is 4.98 Å². The van der Waals surface area contributed by atoms with Crippen molar-refractivity contribution in [2.75, 3.05) is 0 Å². The molecule has 0 saturated heterocycles. The summed E-state index contributed by atoms with van der Waals surface area (Å²) in [4.78, 5) is 16.9. The Hall–Kier alpha value is -1.99. The minimum absolute atomic E-state index is 0.102. The first-order valence-electron chi connectivity index (χ1n) is 6.57. The molecule has 2 aromatic carbocycles. The van der Waals surface area contributed by atoms with Gasteiger partial charge in [-0.2, -0.15) is 10.2 Å². The number of imidazole rings is 1. The number of hydrogen-bond donors (Lipinski definition) is 0. The zero-order valence-corrected chi connectivity index (χ0v) is 13.6. The van der Waals surface area contributed by atoms with Crippen molar-refractivity contribution < 1.29 is 4.79 Å². The Morgan fingerprint density at radius 3 is 2.73 bits per heavy atom. The third-order valence-electron chi connectivity index (χ3n) is 3.28. The Kier molecular flexibility index (Phi) is 3.31. The van der Waals surface area contributed by atoms with Crippen LogP contribution >= 0.6 is 27.7 Å². The van der Waals surface area contributed by atoms with Crippen LogP contribution in [0.15, 0.2) is 68.4 Å². The van der Waals surface area contributed by atoms with Crippen LogP contribution in [-0.2, 0) is 0 Å². The van der Waals surface area contributed by atoms with E-state index in [1.54, 1.807) is 4.57 Å². The summed E-state index contributed by atoms with van der Waals surface area (Å²) in [5, 5.41) is 8.40. The number of para-hydroxylation sites is 2. The summed E-state index contributed by atoms with van der Waals surface area (Å²) in [6.07, 6.45) is 0. The van der Waals surface area contributed by atoms with Crippen molar-refractivity contribution in [1.29, 1.82) is 0 Å². The predicted molar refractivity (Wildman–Crippen MR) is 88.7 cm³/mol. The minimum Gasteiger partial charge on any atom is -0.270 e. The molecule has 0 unspecified atom stereocenters. The zero-order chi connectivity index (χ0) is 15.1. The number of benzene rings is 2. The van der Waals surface area contributed by atoms with E-state index in [9.17, 15) is 4.79 Å². The highest BCUT2D eigenvalue weighted by Crippen LogP contribution is 2.36. The Morgan fingerprint density at radius 2 is 1.91 bits per heavy atom. The van der Waals surface area contributed by atoms with E-state index in [-0.39, 0.29) is 5.91 Å². The van der Waals surface area contributed by atoms with E-state index in [0.29, 0.717) is 10.8 Å². The fourth-order valence-corrected chi connectivity index (χ4v) is 3.47. The van der Waals surface area contributed by atoms with Crippen molar-refractivity contribution >= 4 is 50.3 Å². The van der Waals surface area contributed by atoms with Gasteiger partial charge < -0.3 is 0 Å². The van der Waals surface area contributed by atoms with Crippen molar-refractivity contribution in [3.05, 3.63) is 53.0 Å². The molecule has 2 heterocycles. The van der Waals surface area contributed by atoms with Crippen LogP contribution in [0.4, 0.5) is 5.69 Å². The number of aromatic nitrogens is 2. The number of carbonyl (C=O) groups is 1. The summed E-state index contributed by atoms with van der Waals surface area (Å²) >= 11 is 4.69. The largest absolute Gasteiger partial charge is 0.270 e. The zero-order valence-electron chi connectivity index (χ0n) is 11.2. The molecule has 0 radical (unpaired) electrons. The number of thioether (sulfide) groups is 1. The number of fused-ring (bicyclic) bond motifs is 3. The molecule has 0 N–H and O–H groups in total. The van der Waals surface area contributed by atoms with Crippen molar-refractivity contribution in [2.45, 2.75) is 10.5 Å². The number of hydrogen-bond acceptors (Lipinski definition) is 5. The summed E-state index contributed by atoms with van der Waals surface area (Å²) in [5.41, 5.74) is 2.35. The summed E-state index contributed by atoms with van der Waals surface area (Å²) in [6, 6.07) is 15.0. The van der Waals surface area contributed by atoms with Crippen LogP contribution < -0.4 is 0 Å². The second-order valence-corrected chi connectivity index (χ2v) is 6.68. The van der Waals surface area contributed by atoms with Gasteiger partial charge in [0.1, 0.15) is 0 Å². The topological polar surface area (TPSA) is 59.6 Å². The maximum atomic E-state index is 12.5. The van der Waals surface area contributed by atoms with Gasteiger partial charge in [0.15, 0.2) is 5.16 Å². The fraction of sp³-hybridized carbons (Fsp3) is 0.0667. The molecule has 3 aromatic rings. The summed E-state index contributed by atoms with van der Waals surface area (Å²) in [7, 11) is 0. The average Bonchev–Trinajstić information content (AvgIpc) is 3.04. The SMILES string of the molecule is O=C1[C@H](N=Nc2ccc(Br)cc2)Sc2nc3ccccc3n21. The molecule has 1 aliphatic heterocycles. The molecule has 7 heteroatoms. The first kappa shape index (κ1) is 13.7. The molecule has 0 saturated carbocycles. The number of nitrogens with zero attached hydrogens (tertiary/aromatic N) is 4. The van der Waals surface area contributed by atoms with Crippen LogP contribution in [0.2, 0.25) is 0 Å². The van der Waals surface area contributed by atoms with E-state index in [1.807, 2.05) is 48.5 Å². The van der Waals surface area contributed by atoms with Crippen molar-refractivity contribution in [3.63, 3.8) is 0 Å². The summed E-state index contributed by atoms with van der Waals surface area (Å²) in [5.74, 6) is -0.102. The van der Waals surface area contributed by atoms with Crippen molar-refractivity contribution in [1.82, 2.24) is 9.55 Å². The highest BCUT2D eigenvalue weighted by molar-refractivity contribution is 9.10. The first-order chi connectivity index (χ1) is 10.7. The molecule has 5 nitrogen and oxygen atoms in total. The first-order valence-corrected chi connectivity index (χ1v) is 8.24. The molecule has 1 aromatic heterocycles. The Bertz CT molecular complexity index is 904. The third-order valence-corrected chi connectivity index (χ3v) is 4.82. The highest BCUT2D eigenvalue weighted by atomic mass is 79.9. The number of azo groups is 1. The number of halogens is 1. The molecule has 0 bridgehead atoms. The minimum atomic E-state index is -0.573. The van der Waals surface area contributed by atoms with Crippen LogP contribution in [0.3, 0.4) is 0 Å². The smallest absolute Gasteiger partial charge is 0.270 e. The van der Waals surface area contributed by atoms with Crippen LogP contribution in [0.1, 0.15) is 4.79 Å². The van der Waals surface area contributed by atoms with Gasteiger partial charge >= 0.3 is 0 Å². The van der Waals surface area contributed by atoms with Crippen LogP contribution in [-0.4, -0.2) is 20.8 Å². The quantitative estimate of drug-likeness (QED) is 0.614. The summed E-state index contributed by atoms with van der Waals surface area (Å²) < 4.78 is 2.59. The molecule has 1 atom stereocenters. The maximum absolute atomic E-state index is 12.5. The molecular weight excluding hydrogens is 364 g/mol. The molecular formula is C15H9BrN4OS. The van der Waals surface area contributed by atoms with E-state index >= 15 is 0 Å². The van der Waals surface area contributed by atoms with E-state index < -0.39 is 5.37 Å². The van der Waals surface area contributed by atoms with Gasteiger partial charge in [-0.1, -0.05) is 28.1 Å². The molecule has 108 valence electrons. The lowest BCUT2D eigenvalue weighted by Gasteiger charge is -2.00. The van der Waals surface area contributed by atoms with E-state index in [0.717, 1.165) is 15.5 Å². The lowest BCUT2D eigenvalue weighted by molar-refractivity contribution is 0.0915. The van der Waals surface area contributed by atoms with E-state index in [1.165, 1.54) is 11.8 Å². The van der Waals surface area contributed by atoms with Gasteiger partial charge in [0, 0.05) is 4.47 Å². The molecule has 4 rings (SSSR count). The van der Waals surface area contributed by atoms with Crippen molar-refractivity contribution in [3.8, 4) is 0 Å². The van der Waals surface area contributed by atoms with Gasteiger partial charge in [0.2, 0.25) is 5.37 Å². The van der Waals surface area contributed by atoms with Crippen LogP contribution in [0.5, 0.6) is 0 Å². The molecule has 0 spiro atoms. The Morgan fingerprint density at radius 1 is 1.14 bits per heavy atom.